The number of nitrogens with one attached hydrogen (secondary N) is 1. The molecule has 2 aliphatic rings. The SMILES string of the molecule is Cc1ccc(NC(=O)CSC2=Nc3ccccc3C3=NC(C(C)C)C(=O)N23)c(Cl)c1. The van der Waals surface area contributed by atoms with Crippen molar-refractivity contribution in [3.05, 3.63) is 58.6 Å². The van der Waals surface area contributed by atoms with Crippen LogP contribution in [0.15, 0.2) is 52.4 Å². The number of aliphatic imine (C=N–C) groups is 2. The lowest BCUT2D eigenvalue weighted by atomic mass is 10.1. The first kappa shape index (κ1) is 20.6. The zero-order chi connectivity index (χ0) is 21.4. The van der Waals surface area contributed by atoms with Gasteiger partial charge in [-0.2, -0.15) is 0 Å². The summed E-state index contributed by atoms with van der Waals surface area (Å²) < 4.78 is 0. The van der Waals surface area contributed by atoms with Gasteiger partial charge >= 0.3 is 0 Å². The number of halogens is 1. The van der Waals surface area contributed by atoms with Crippen LogP contribution in [0.5, 0.6) is 0 Å². The first-order valence-electron chi connectivity index (χ1n) is 9.64. The van der Waals surface area contributed by atoms with Gasteiger partial charge in [-0.15, -0.1) is 0 Å². The second-order valence-electron chi connectivity index (χ2n) is 7.55. The fourth-order valence-corrected chi connectivity index (χ4v) is 4.42. The highest BCUT2D eigenvalue weighted by Crippen LogP contribution is 2.34. The van der Waals surface area contributed by atoms with Crippen molar-refractivity contribution in [3.63, 3.8) is 0 Å². The number of hydrogen-bond donors (Lipinski definition) is 1. The van der Waals surface area contributed by atoms with Gasteiger partial charge in [-0.05, 0) is 42.7 Å². The number of para-hydroxylation sites is 1. The standard InChI is InChI=1S/C22H21ClN4O2S/c1-12(2)19-21(29)27-20(26-19)14-6-4-5-7-16(14)25-22(27)30-11-18(28)24-17-9-8-13(3)10-15(17)23/h4-10,12,19H,11H2,1-3H3,(H,24,28). The predicted molar refractivity (Wildman–Crippen MR) is 123 cm³/mol. The third-order valence-corrected chi connectivity index (χ3v) is 6.11. The Hall–Kier alpha value is -2.64. The van der Waals surface area contributed by atoms with E-state index in [0.717, 1.165) is 16.8 Å². The summed E-state index contributed by atoms with van der Waals surface area (Å²) in [5.74, 6) is 0.435. The summed E-state index contributed by atoms with van der Waals surface area (Å²) in [7, 11) is 0. The van der Waals surface area contributed by atoms with Crippen LogP contribution in [-0.2, 0) is 9.59 Å². The third kappa shape index (κ3) is 3.87. The summed E-state index contributed by atoms with van der Waals surface area (Å²) in [6.07, 6.45) is 0. The van der Waals surface area contributed by atoms with E-state index in [-0.39, 0.29) is 23.5 Å². The van der Waals surface area contributed by atoms with Crippen molar-refractivity contribution >= 4 is 57.6 Å². The van der Waals surface area contributed by atoms with E-state index in [1.807, 2.05) is 51.1 Å². The van der Waals surface area contributed by atoms with E-state index in [0.29, 0.717) is 21.7 Å². The van der Waals surface area contributed by atoms with Crippen LogP contribution in [0, 0.1) is 12.8 Å². The lowest BCUT2D eigenvalue weighted by Gasteiger charge is -2.25. The number of hydrogen-bond acceptors (Lipinski definition) is 5. The maximum absolute atomic E-state index is 13.0. The largest absolute Gasteiger partial charge is 0.324 e. The summed E-state index contributed by atoms with van der Waals surface area (Å²) >= 11 is 7.41. The third-order valence-electron chi connectivity index (χ3n) is 4.86. The number of aryl methyl sites for hydroxylation is 1. The van der Waals surface area contributed by atoms with Crippen LogP contribution in [0.3, 0.4) is 0 Å². The maximum Gasteiger partial charge on any atom is 0.259 e. The molecular weight excluding hydrogens is 420 g/mol. The number of amides is 2. The molecule has 30 heavy (non-hydrogen) atoms. The Morgan fingerprint density at radius 2 is 2.03 bits per heavy atom. The maximum atomic E-state index is 13.0. The van der Waals surface area contributed by atoms with Gasteiger partial charge < -0.3 is 5.32 Å². The fourth-order valence-electron chi connectivity index (χ4n) is 3.34. The molecule has 2 aliphatic heterocycles. The van der Waals surface area contributed by atoms with Crippen molar-refractivity contribution in [2.75, 3.05) is 11.1 Å². The van der Waals surface area contributed by atoms with Crippen LogP contribution in [0.1, 0.15) is 25.0 Å². The van der Waals surface area contributed by atoms with Gasteiger partial charge in [0.1, 0.15) is 11.9 Å². The number of nitrogens with zero attached hydrogens (tertiary/aromatic N) is 3. The molecule has 0 radical (unpaired) electrons. The van der Waals surface area contributed by atoms with Crippen LogP contribution in [0.2, 0.25) is 5.02 Å². The smallest absolute Gasteiger partial charge is 0.259 e. The number of carbonyl (C=O) groups excluding carboxylic acids is 2. The van der Waals surface area contributed by atoms with Gasteiger partial charge in [0, 0.05) is 5.56 Å². The molecule has 8 heteroatoms. The lowest BCUT2D eigenvalue weighted by molar-refractivity contribution is -0.125. The Bertz CT molecular complexity index is 1100. The van der Waals surface area contributed by atoms with Crippen molar-refractivity contribution in [1.29, 1.82) is 0 Å². The molecule has 1 atom stereocenters. The average Bonchev–Trinajstić information content (AvgIpc) is 3.06. The second kappa shape index (κ2) is 8.24. The first-order chi connectivity index (χ1) is 14.3. The summed E-state index contributed by atoms with van der Waals surface area (Å²) in [5.41, 5.74) is 3.15. The normalized spacial score (nSPS) is 17.4. The second-order valence-corrected chi connectivity index (χ2v) is 8.90. The van der Waals surface area contributed by atoms with E-state index >= 15 is 0 Å². The summed E-state index contributed by atoms with van der Waals surface area (Å²) in [4.78, 5) is 36.4. The van der Waals surface area contributed by atoms with Crippen molar-refractivity contribution in [2.24, 2.45) is 15.9 Å². The summed E-state index contributed by atoms with van der Waals surface area (Å²) in [6.45, 7) is 5.88. The number of fused-ring (bicyclic) bond motifs is 3. The van der Waals surface area contributed by atoms with E-state index in [1.165, 1.54) is 11.8 Å². The van der Waals surface area contributed by atoms with Crippen molar-refractivity contribution in [1.82, 2.24) is 4.90 Å². The predicted octanol–water partition coefficient (Wildman–Crippen LogP) is 4.63. The van der Waals surface area contributed by atoms with Gasteiger partial charge in [0.15, 0.2) is 5.17 Å². The van der Waals surface area contributed by atoms with Crippen LogP contribution < -0.4 is 5.32 Å². The van der Waals surface area contributed by atoms with Gasteiger partial charge in [-0.1, -0.05) is 55.4 Å². The van der Waals surface area contributed by atoms with Crippen LogP contribution >= 0.6 is 23.4 Å². The van der Waals surface area contributed by atoms with Crippen LogP contribution in [0.4, 0.5) is 11.4 Å². The number of rotatable bonds is 4. The summed E-state index contributed by atoms with van der Waals surface area (Å²) in [6, 6.07) is 12.6. The molecule has 0 saturated carbocycles. The molecule has 0 fully saturated rings. The molecular formula is C22H21ClN4O2S. The van der Waals surface area contributed by atoms with Gasteiger partial charge in [0.25, 0.3) is 5.91 Å². The van der Waals surface area contributed by atoms with E-state index in [2.05, 4.69) is 15.3 Å². The molecule has 2 aromatic rings. The molecule has 1 N–H and O–H groups in total. The molecule has 0 aromatic heterocycles. The number of carbonyl (C=O) groups is 2. The topological polar surface area (TPSA) is 74.1 Å². The lowest BCUT2D eigenvalue weighted by Crippen LogP contribution is -2.42. The molecule has 2 amide bonds. The van der Waals surface area contributed by atoms with Crippen LogP contribution in [0.25, 0.3) is 0 Å². The fraction of sp³-hybridized carbons (Fsp3) is 0.273. The van der Waals surface area contributed by atoms with E-state index < -0.39 is 6.04 Å². The highest BCUT2D eigenvalue weighted by Gasteiger charge is 2.42. The van der Waals surface area contributed by atoms with Crippen LogP contribution in [-0.4, -0.2) is 39.5 Å². The van der Waals surface area contributed by atoms with Crippen molar-refractivity contribution in [2.45, 2.75) is 26.8 Å². The monoisotopic (exact) mass is 440 g/mol. The Labute approximate surface area is 184 Å². The van der Waals surface area contributed by atoms with Crippen molar-refractivity contribution in [3.8, 4) is 0 Å². The average molecular weight is 441 g/mol. The van der Waals surface area contributed by atoms with Crippen molar-refractivity contribution < 1.29 is 9.59 Å². The van der Waals surface area contributed by atoms with E-state index in [9.17, 15) is 9.59 Å². The first-order valence-corrected chi connectivity index (χ1v) is 11.0. The molecule has 0 bridgehead atoms. The molecule has 0 spiro atoms. The van der Waals surface area contributed by atoms with E-state index in [1.54, 1.807) is 17.0 Å². The minimum atomic E-state index is -0.447. The molecule has 0 aliphatic carbocycles. The number of thioether (sulfide) groups is 1. The zero-order valence-corrected chi connectivity index (χ0v) is 18.4. The Morgan fingerprint density at radius 3 is 2.77 bits per heavy atom. The molecule has 2 aromatic carbocycles. The molecule has 6 nitrogen and oxygen atoms in total. The molecule has 1 unspecified atom stereocenters. The molecule has 154 valence electrons. The van der Waals surface area contributed by atoms with Gasteiger partial charge in [-0.25, -0.2) is 9.89 Å². The molecule has 0 saturated heterocycles. The summed E-state index contributed by atoms with van der Waals surface area (Å²) in [5, 5.41) is 3.76. The Kier molecular flexibility index (Phi) is 5.66. The molecule has 2 heterocycles. The minimum absolute atomic E-state index is 0.0704. The number of benzene rings is 2. The molecule has 4 rings (SSSR count). The van der Waals surface area contributed by atoms with E-state index in [4.69, 9.17) is 11.6 Å². The zero-order valence-electron chi connectivity index (χ0n) is 16.8. The van der Waals surface area contributed by atoms with Gasteiger partial charge in [0.05, 0.1) is 22.2 Å². The minimum Gasteiger partial charge on any atom is -0.324 e. The number of amidine groups is 2. The Morgan fingerprint density at radius 1 is 1.27 bits per heavy atom. The Balaban J connectivity index is 1.55. The van der Waals surface area contributed by atoms with Gasteiger partial charge in [0.2, 0.25) is 5.91 Å². The quantitative estimate of drug-likeness (QED) is 0.752. The highest BCUT2D eigenvalue weighted by molar-refractivity contribution is 8.14. The highest BCUT2D eigenvalue weighted by atomic mass is 35.5. The number of anilines is 1. The van der Waals surface area contributed by atoms with Gasteiger partial charge in [-0.3, -0.25) is 14.6 Å².